The summed E-state index contributed by atoms with van der Waals surface area (Å²) in [6.45, 7) is 0.861. The van der Waals surface area contributed by atoms with E-state index in [1.807, 2.05) is 0 Å². The van der Waals surface area contributed by atoms with Crippen LogP contribution in [0.15, 0.2) is 46.2 Å². The molecule has 0 saturated carbocycles. The summed E-state index contributed by atoms with van der Waals surface area (Å²) in [4.78, 5) is 55.9. The van der Waals surface area contributed by atoms with Crippen LogP contribution >= 0.6 is 0 Å². The fourth-order valence-corrected chi connectivity index (χ4v) is 4.64. The predicted molar refractivity (Wildman–Crippen MR) is 132 cm³/mol. The van der Waals surface area contributed by atoms with E-state index in [1.54, 1.807) is 0 Å². The number of benzene rings is 1. The van der Waals surface area contributed by atoms with Crippen LogP contribution in [0, 0.1) is 11.6 Å². The minimum Gasteiger partial charge on any atom is -0.442 e. The first-order valence-corrected chi connectivity index (χ1v) is 12.1. The Kier molecular flexibility index (Phi) is 6.89. The normalized spacial score (nSPS) is 17.9. The van der Waals surface area contributed by atoms with E-state index >= 15 is 8.78 Å². The zero-order valence-electron chi connectivity index (χ0n) is 20.7. The van der Waals surface area contributed by atoms with Gasteiger partial charge in [0.15, 0.2) is 17.8 Å². The fraction of sp³-hybridized carbons (Fsp3) is 0.375. The predicted octanol–water partition coefficient (Wildman–Crippen LogP) is 0.793. The molecule has 0 aliphatic carbocycles. The molecule has 0 radical (unpaired) electrons. The largest absolute Gasteiger partial charge is 0.442 e. The van der Waals surface area contributed by atoms with E-state index in [0.717, 1.165) is 28.5 Å². The van der Waals surface area contributed by atoms with E-state index in [2.05, 4.69) is 10.3 Å². The molecule has 1 fully saturated rings. The lowest BCUT2D eigenvalue weighted by Gasteiger charge is -2.24. The number of hydrogen-bond donors (Lipinski definition) is 1. The zero-order chi connectivity index (χ0) is 27.8. The molecule has 1 saturated heterocycles. The topological polar surface area (TPSA) is 124 Å². The number of fused-ring (bicyclic) bond motifs is 1. The Bertz CT molecular complexity index is 1470. The summed E-state index contributed by atoms with van der Waals surface area (Å²) in [6.07, 6.45) is -0.524. The molecule has 5 rings (SSSR count). The molecule has 2 aromatic heterocycles. The fourth-order valence-electron chi connectivity index (χ4n) is 4.64. The van der Waals surface area contributed by atoms with Crippen molar-refractivity contribution in [2.75, 3.05) is 36.0 Å². The zero-order valence-corrected chi connectivity index (χ0v) is 20.7. The number of ether oxygens (including phenoxy) is 1. The molecular weight excluding hydrogens is 523 g/mol. The lowest BCUT2D eigenvalue weighted by Crippen LogP contribution is -2.38. The third-order valence-electron chi connectivity index (χ3n) is 6.57. The molecule has 0 spiro atoms. The summed E-state index contributed by atoms with van der Waals surface area (Å²) in [6, 6.07) is 5.03. The van der Waals surface area contributed by atoms with Crippen LogP contribution in [0.2, 0.25) is 0 Å². The summed E-state index contributed by atoms with van der Waals surface area (Å²) >= 11 is 0. The number of carbonyl (C=O) groups is 2. The molecule has 0 bridgehead atoms. The molecule has 39 heavy (non-hydrogen) atoms. The van der Waals surface area contributed by atoms with Crippen LogP contribution in [0.1, 0.15) is 6.92 Å². The second kappa shape index (κ2) is 10.3. The number of amides is 2. The Balaban J connectivity index is 1.33. The monoisotopic (exact) mass is 547 g/mol. The number of hydrogen-bond acceptors (Lipinski definition) is 7. The van der Waals surface area contributed by atoms with Gasteiger partial charge in [0.25, 0.3) is 5.91 Å². The van der Waals surface area contributed by atoms with Crippen LogP contribution in [0.5, 0.6) is 0 Å². The number of cyclic esters (lactones) is 1. The molecule has 2 aliphatic heterocycles. The molecule has 2 atom stereocenters. The second-order valence-electron chi connectivity index (χ2n) is 9.07. The highest BCUT2D eigenvalue weighted by Gasteiger charge is 2.34. The van der Waals surface area contributed by atoms with E-state index < -0.39 is 47.3 Å². The van der Waals surface area contributed by atoms with Crippen LogP contribution in [0.3, 0.4) is 0 Å². The molecule has 3 aromatic rings. The van der Waals surface area contributed by atoms with Crippen molar-refractivity contribution in [2.24, 2.45) is 0 Å². The SMILES string of the molecule is CC(F)C(=O)NC[C@H]1CN(c2cc(F)c(N3CCn4c(=O)n(-c5ccncc5)c(=O)n4CC3)c(F)c2)C(=O)O1. The summed E-state index contributed by atoms with van der Waals surface area (Å²) in [7, 11) is 0. The highest BCUT2D eigenvalue weighted by Crippen LogP contribution is 2.31. The first kappa shape index (κ1) is 26.1. The molecule has 2 amide bonds. The van der Waals surface area contributed by atoms with Gasteiger partial charge in [-0.15, -0.1) is 0 Å². The van der Waals surface area contributed by atoms with Gasteiger partial charge < -0.3 is 15.0 Å². The number of rotatable bonds is 6. The van der Waals surface area contributed by atoms with Gasteiger partial charge in [0.05, 0.1) is 37.6 Å². The Hall–Kier alpha value is -4.56. The first-order valence-electron chi connectivity index (χ1n) is 12.1. The van der Waals surface area contributed by atoms with Crippen molar-refractivity contribution in [3.05, 3.63) is 69.3 Å². The Morgan fingerprint density at radius 2 is 1.62 bits per heavy atom. The Morgan fingerprint density at radius 1 is 1.03 bits per heavy atom. The van der Waals surface area contributed by atoms with Gasteiger partial charge in [-0.3, -0.25) is 14.7 Å². The molecule has 15 heteroatoms. The van der Waals surface area contributed by atoms with Gasteiger partial charge in [-0.2, -0.15) is 0 Å². The third kappa shape index (κ3) is 4.86. The third-order valence-corrected chi connectivity index (χ3v) is 6.57. The maximum Gasteiger partial charge on any atom is 0.414 e. The van der Waals surface area contributed by atoms with Crippen LogP contribution in [-0.4, -0.2) is 69.4 Å². The van der Waals surface area contributed by atoms with Crippen molar-refractivity contribution >= 4 is 23.4 Å². The molecular formula is C24H24F3N7O5. The van der Waals surface area contributed by atoms with Crippen LogP contribution < -0.4 is 26.5 Å². The van der Waals surface area contributed by atoms with Crippen molar-refractivity contribution in [1.82, 2.24) is 24.2 Å². The standard InChI is InChI=1S/C24H24F3N7O5/c1-14(25)21(35)29-12-17-13-31(24(38)39-17)16-10-18(26)20(19(27)11-16)30-6-8-32-22(36)34(15-2-4-28-5-3-15)23(37)33(32)9-7-30/h2-5,10-11,14,17H,6-9,12-13H2,1H3,(H,29,35)/t14?,17-/m0/s1. The number of anilines is 2. The first-order chi connectivity index (χ1) is 18.7. The van der Waals surface area contributed by atoms with Gasteiger partial charge in [0, 0.05) is 37.6 Å². The minimum absolute atomic E-state index is 0.00383. The van der Waals surface area contributed by atoms with Crippen molar-refractivity contribution in [3.8, 4) is 5.69 Å². The maximum atomic E-state index is 15.2. The maximum absolute atomic E-state index is 15.2. The summed E-state index contributed by atoms with van der Waals surface area (Å²) in [5.74, 6) is -2.77. The van der Waals surface area contributed by atoms with Gasteiger partial charge in [0.1, 0.15) is 11.8 Å². The number of aromatic nitrogens is 4. The Morgan fingerprint density at radius 3 is 2.18 bits per heavy atom. The van der Waals surface area contributed by atoms with Gasteiger partial charge in [-0.1, -0.05) is 0 Å². The molecule has 12 nitrogen and oxygen atoms in total. The van der Waals surface area contributed by atoms with Crippen molar-refractivity contribution < 1.29 is 27.5 Å². The quantitative estimate of drug-likeness (QED) is 0.484. The number of pyridine rings is 1. The molecule has 4 heterocycles. The number of halogens is 3. The van der Waals surface area contributed by atoms with E-state index in [0.29, 0.717) is 5.69 Å². The van der Waals surface area contributed by atoms with Gasteiger partial charge in [-0.05, 0) is 19.1 Å². The van der Waals surface area contributed by atoms with Gasteiger partial charge in [-0.25, -0.2) is 41.5 Å². The van der Waals surface area contributed by atoms with E-state index in [4.69, 9.17) is 4.74 Å². The van der Waals surface area contributed by atoms with Gasteiger partial charge in [0.2, 0.25) is 0 Å². The molecule has 206 valence electrons. The van der Waals surface area contributed by atoms with Crippen molar-refractivity contribution in [1.29, 1.82) is 0 Å². The molecule has 1 N–H and O–H groups in total. The second-order valence-corrected chi connectivity index (χ2v) is 9.07. The van der Waals surface area contributed by atoms with E-state index in [1.165, 1.54) is 38.8 Å². The average molecular weight is 547 g/mol. The lowest BCUT2D eigenvalue weighted by molar-refractivity contribution is -0.125. The number of alkyl halides is 1. The van der Waals surface area contributed by atoms with Crippen molar-refractivity contribution in [3.63, 3.8) is 0 Å². The molecule has 2 aliphatic rings. The van der Waals surface area contributed by atoms with E-state index in [9.17, 15) is 23.6 Å². The minimum atomic E-state index is -1.74. The number of nitrogens with zero attached hydrogens (tertiary/aromatic N) is 6. The highest BCUT2D eigenvalue weighted by molar-refractivity contribution is 5.90. The molecule has 1 unspecified atom stereocenters. The molecule has 1 aromatic carbocycles. The van der Waals surface area contributed by atoms with E-state index in [-0.39, 0.29) is 50.6 Å². The van der Waals surface area contributed by atoms with Gasteiger partial charge >= 0.3 is 17.5 Å². The lowest BCUT2D eigenvalue weighted by atomic mass is 10.2. The summed E-state index contributed by atoms with van der Waals surface area (Å²) < 4.78 is 52.1. The summed E-state index contributed by atoms with van der Waals surface area (Å²) in [5.41, 5.74) is -1.25. The summed E-state index contributed by atoms with van der Waals surface area (Å²) in [5, 5.41) is 2.30. The van der Waals surface area contributed by atoms with Crippen LogP contribution in [-0.2, 0) is 22.6 Å². The Labute approximate surface area is 218 Å². The number of carbonyl (C=O) groups excluding carboxylic acids is 2. The average Bonchev–Trinajstić information content (AvgIpc) is 3.28. The number of nitrogens with one attached hydrogen (secondary N) is 1. The smallest absolute Gasteiger partial charge is 0.414 e. The van der Waals surface area contributed by atoms with Crippen LogP contribution in [0.4, 0.5) is 29.3 Å². The van der Waals surface area contributed by atoms with Crippen LogP contribution in [0.25, 0.3) is 5.69 Å². The van der Waals surface area contributed by atoms with Crippen molar-refractivity contribution in [2.45, 2.75) is 32.3 Å². The highest BCUT2D eigenvalue weighted by atomic mass is 19.1.